The zero-order chi connectivity index (χ0) is 13.4. The molecular weight excluding hydrogens is 258 g/mol. The van der Waals surface area contributed by atoms with E-state index in [1.165, 1.54) is 22.2 Å². The highest BCUT2D eigenvalue weighted by Gasteiger charge is 2.22. The van der Waals surface area contributed by atoms with E-state index in [2.05, 4.69) is 22.2 Å². The molecule has 2 aromatic heterocycles. The van der Waals surface area contributed by atoms with E-state index in [1.54, 1.807) is 24.6 Å². The Morgan fingerprint density at radius 2 is 2.37 bits per heavy atom. The van der Waals surface area contributed by atoms with Crippen molar-refractivity contribution in [2.75, 3.05) is 11.9 Å². The molecule has 4 nitrogen and oxygen atoms in total. The van der Waals surface area contributed by atoms with Gasteiger partial charge < -0.3 is 10.4 Å². The van der Waals surface area contributed by atoms with E-state index in [0.717, 1.165) is 29.4 Å². The first kappa shape index (κ1) is 12.8. The summed E-state index contributed by atoms with van der Waals surface area (Å²) in [4.78, 5) is 11.3. The molecule has 0 radical (unpaired) electrons. The lowest BCUT2D eigenvalue weighted by Gasteiger charge is -2.18. The van der Waals surface area contributed by atoms with Crippen LogP contribution >= 0.6 is 11.3 Å². The van der Waals surface area contributed by atoms with Crippen LogP contribution in [0.2, 0.25) is 0 Å². The molecule has 2 unspecified atom stereocenters. The fourth-order valence-electron chi connectivity index (χ4n) is 2.65. The van der Waals surface area contributed by atoms with E-state index in [4.69, 9.17) is 0 Å². The minimum atomic E-state index is -0.375. The topological polar surface area (TPSA) is 58.0 Å². The second kappa shape index (κ2) is 5.06. The van der Waals surface area contributed by atoms with Crippen LogP contribution in [0.25, 0.3) is 10.2 Å². The first-order valence-corrected chi connectivity index (χ1v) is 7.64. The zero-order valence-electron chi connectivity index (χ0n) is 11.3. The highest BCUT2D eigenvalue weighted by Crippen LogP contribution is 2.39. The zero-order valence-corrected chi connectivity index (χ0v) is 12.1. The van der Waals surface area contributed by atoms with Gasteiger partial charge in [-0.05, 0) is 37.7 Å². The van der Waals surface area contributed by atoms with Crippen LogP contribution in [0.15, 0.2) is 6.33 Å². The molecular formula is C14H19N3OS. The molecule has 2 heterocycles. The molecule has 1 aliphatic rings. The monoisotopic (exact) mass is 277 g/mol. The second-order valence-corrected chi connectivity index (χ2v) is 6.57. The minimum Gasteiger partial charge on any atom is -0.392 e. The predicted molar refractivity (Wildman–Crippen MR) is 78.8 cm³/mol. The summed E-state index contributed by atoms with van der Waals surface area (Å²) in [5.74, 6) is 1.64. The van der Waals surface area contributed by atoms with Gasteiger partial charge in [0.2, 0.25) is 0 Å². The Hall–Kier alpha value is -1.20. The number of aryl methyl sites for hydroxylation is 1. The summed E-state index contributed by atoms with van der Waals surface area (Å²) in [5, 5.41) is 13.8. The lowest BCUT2D eigenvalue weighted by atomic mass is 9.89. The van der Waals surface area contributed by atoms with Gasteiger partial charge in [0.15, 0.2) is 0 Å². The van der Waals surface area contributed by atoms with Crippen molar-refractivity contribution >= 4 is 27.4 Å². The number of anilines is 1. The van der Waals surface area contributed by atoms with Crippen LogP contribution in [0, 0.1) is 5.92 Å². The largest absolute Gasteiger partial charge is 0.392 e. The third kappa shape index (κ3) is 2.44. The quantitative estimate of drug-likeness (QED) is 0.905. The standard InChI is InChI=1S/C14H19N3OS/c1-8-3-4-10-11(5-8)19-14-12(10)13(16-7-17-14)15-6-9(2)18/h7-9,18H,3-6H2,1-2H3,(H,15,16,17). The molecule has 0 fully saturated rings. The van der Waals surface area contributed by atoms with Gasteiger partial charge in [0.05, 0.1) is 11.5 Å². The van der Waals surface area contributed by atoms with Crippen molar-refractivity contribution in [2.45, 2.75) is 39.2 Å². The van der Waals surface area contributed by atoms with E-state index < -0.39 is 0 Å². The van der Waals surface area contributed by atoms with Crippen LogP contribution in [-0.4, -0.2) is 27.7 Å². The Bertz CT molecular complexity index is 594. The Morgan fingerprint density at radius 1 is 1.53 bits per heavy atom. The summed E-state index contributed by atoms with van der Waals surface area (Å²) in [6, 6.07) is 0. The number of nitrogens with zero attached hydrogens (tertiary/aromatic N) is 2. The van der Waals surface area contributed by atoms with Crippen molar-refractivity contribution in [2.24, 2.45) is 5.92 Å². The molecule has 0 saturated heterocycles. The highest BCUT2D eigenvalue weighted by molar-refractivity contribution is 7.19. The molecule has 0 aliphatic heterocycles. The predicted octanol–water partition coefficient (Wildman–Crippen LogP) is 2.61. The van der Waals surface area contributed by atoms with Crippen molar-refractivity contribution in [1.82, 2.24) is 9.97 Å². The number of rotatable bonds is 3. The average Bonchev–Trinajstić information content (AvgIpc) is 2.73. The molecule has 2 atom stereocenters. The Balaban J connectivity index is 2.03. The van der Waals surface area contributed by atoms with Gasteiger partial charge in [-0.25, -0.2) is 9.97 Å². The van der Waals surface area contributed by atoms with Gasteiger partial charge in [0, 0.05) is 11.4 Å². The van der Waals surface area contributed by atoms with E-state index >= 15 is 0 Å². The molecule has 0 saturated carbocycles. The van der Waals surface area contributed by atoms with Crippen molar-refractivity contribution < 1.29 is 5.11 Å². The van der Waals surface area contributed by atoms with Crippen molar-refractivity contribution in [3.63, 3.8) is 0 Å². The van der Waals surface area contributed by atoms with Gasteiger partial charge in [-0.15, -0.1) is 11.3 Å². The first-order valence-electron chi connectivity index (χ1n) is 6.82. The molecule has 0 amide bonds. The van der Waals surface area contributed by atoms with Gasteiger partial charge in [-0.1, -0.05) is 6.92 Å². The summed E-state index contributed by atoms with van der Waals surface area (Å²) >= 11 is 1.80. The number of nitrogens with one attached hydrogen (secondary N) is 1. The smallest absolute Gasteiger partial charge is 0.138 e. The van der Waals surface area contributed by atoms with Crippen molar-refractivity contribution in [3.05, 3.63) is 16.8 Å². The molecule has 5 heteroatoms. The average molecular weight is 277 g/mol. The van der Waals surface area contributed by atoms with Crippen LogP contribution in [-0.2, 0) is 12.8 Å². The highest BCUT2D eigenvalue weighted by atomic mass is 32.1. The summed E-state index contributed by atoms with van der Waals surface area (Å²) < 4.78 is 0. The fourth-order valence-corrected chi connectivity index (χ4v) is 4.00. The minimum absolute atomic E-state index is 0.375. The van der Waals surface area contributed by atoms with Gasteiger partial charge in [-0.3, -0.25) is 0 Å². The van der Waals surface area contributed by atoms with E-state index in [9.17, 15) is 5.11 Å². The summed E-state index contributed by atoms with van der Waals surface area (Å²) in [5.41, 5.74) is 1.42. The molecule has 1 aliphatic carbocycles. The third-order valence-electron chi connectivity index (χ3n) is 3.66. The molecule has 102 valence electrons. The molecule has 0 bridgehead atoms. The number of aromatic nitrogens is 2. The van der Waals surface area contributed by atoms with E-state index in [0.29, 0.717) is 6.54 Å². The Morgan fingerprint density at radius 3 is 3.16 bits per heavy atom. The Labute approximate surface area is 116 Å². The normalized spacial score (nSPS) is 20.3. The van der Waals surface area contributed by atoms with Crippen LogP contribution in [0.3, 0.4) is 0 Å². The number of aliphatic hydroxyl groups excluding tert-OH is 1. The molecule has 0 aromatic carbocycles. The number of hydrogen-bond acceptors (Lipinski definition) is 5. The molecule has 2 N–H and O–H groups in total. The van der Waals surface area contributed by atoms with Crippen LogP contribution < -0.4 is 5.32 Å². The maximum Gasteiger partial charge on any atom is 0.138 e. The van der Waals surface area contributed by atoms with Gasteiger partial charge >= 0.3 is 0 Å². The number of aliphatic hydroxyl groups is 1. The third-order valence-corrected chi connectivity index (χ3v) is 4.82. The van der Waals surface area contributed by atoms with Crippen LogP contribution in [0.1, 0.15) is 30.7 Å². The molecule has 0 spiro atoms. The summed E-state index contributed by atoms with van der Waals surface area (Å²) in [6.45, 7) is 4.61. The lowest BCUT2D eigenvalue weighted by molar-refractivity contribution is 0.208. The van der Waals surface area contributed by atoms with E-state index in [1.807, 2.05) is 0 Å². The lowest BCUT2D eigenvalue weighted by Crippen LogP contribution is -2.16. The van der Waals surface area contributed by atoms with Crippen LogP contribution in [0.4, 0.5) is 5.82 Å². The molecule has 19 heavy (non-hydrogen) atoms. The van der Waals surface area contributed by atoms with Gasteiger partial charge in [0.1, 0.15) is 17.0 Å². The maximum absolute atomic E-state index is 9.41. The van der Waals surface area contributed by atoms with Gasteiger partial charge in [0.25, 0.3) is 0 Å². The number of thiophene rings is 1. The van der Waals surface area contributed by atoms with E-state index in [-0.39, 0.29) is 6.10 Å². The van der Waals surface area contributed by atoms with Crippen molar-refractivity contribution in [3.8, 4) is 0 Å². The number of hydrogen-bond donors (Lipinski definition) is 2. The Kier molecular flexibility index (Phi) is 3.41. The molecule has 2 aromatic rings. The second-order valence-electron chi connectivity index (χ2n) is 5.48. The number of fused-ring (bicyclic) bond motifs is 3. The van der Waals surface area contributed by atoms with Crippen molar-refractivity contribution in [1.29, 1.82) is 0 Å². The van der Waals surface area contributed by atoms with Gasteiger partial charge in [-0.2, -0.15) is 0 Å². The maximum atomic E-state index is 9.41. The fraction of sp³-hybridized carbons (Fsp3) is 0.571. The van der Waals surface area contributed by atoms with Crippen LogP contribution in [0.5, 0.6) is 0 Å². The first-order chi connectivity index (χ1) is 9.15. The molecule has 3 rings (SSSR count). The summed E-state index contributed by atoms with van der Waals surface area (Å²) in [7, 11) is 0. The SMILES string of the molecule is CC(O)CNc1ncnc2sc3c(c12)CCC(C)C3. The summed E-state index contributed by atoms with van der Waals surface area (Å²) in [6.07, 6.45) is 4.75.